The number of fused-ring (bicyclic) bond motifs is 1. The molecule has 104 valence electrons. The predicted molar refractivity (Wildman–Crippen MR) is 71.2 cm³/mol. The number of aromatic hydroxyl groups is 2. The van der Waals surface area contributed by atoms with E-state index in [0.29, 0.717) is 18.5 Å². The van der Waals surface area contributed by atoms with Crippen LogP contribution < -0.4 is 0 Å². The quantitative estimate of drug-likeness (QED) is 0.690. The van der Waals surface area contributed by atoms with Crippen molar-refractivity contribution in [2.24, 2.45) is 0 Å². The number of hydrogen-bond acceptors (Lipinski definition) is 3. The monoisotopic (exact) mass is 265 g/mol. The molecule has 0 atom stereocenters. The van der Waals surface area contributed by atoms with Crippen LogP contribution in [0.2, 0.25) is 0 Å². The highest BCUT2D eigenvalue weighted by molar-refractivity contribution is 5.66. The highest BCUT2D eigenvalue weighted by atomic mass is 16.4. The summed E-state index contributed by atoms with van der Waals surface area (Å²) in [5.41, 5.74) is 1.53. The number of carbonyl (C=O) groups is 1. The molecule has 2 rings (SSSR count). The van der Waals surface area contributed by atoms with E-state index in [9.17, 15) is 15.0 Å². The molecule has 0 saturated heterocycles. The summed E-state index contributed by atoms with van der Waals surface area (Å²) < 4.78 is 1.51. The van der Waals surface area contributed by atoms with Gasteiger partial charge >= 0.3 is 5.97 Å². The molecule has 0 unspecified atom stereocenters. The zero-order valence-corrected chi connectivity index (χ0v) is 10.8. The van der Waals surface area contributed by atoms with Crippen molar-refractivity contribution >= 4 is 12.0 Å². The first-order valence-electron chi connectivity index (χ1n) is 6.63. The van der Waals surface area contributed by atoms with Crippen LogP contribution in [0.4, 0.5) is 0 Å². The standard InChI is InChI=1S/C14H19NO4/c16-12(17)8-2-1-5-9-15-13(18)10-6-3-4-7-11(10)14(15)19/h3,6,18-19H,1-2,4-5,7-9H2,(H,16,17). The van der Waals surface area contributed by atoms with Crippen molar-refractivity contribution in [1.82, 2.24) is 4.57 Å². The van der Waals surface area contributed by atoms with E-state index < -0.39 is 5.97 Å². The summed E-state index contributed by atoms with van der Waals surface area (Å²) in [7, 11) is 0. The van der Waals surface area contributed by atoms with Crippen molar-refractivity contribution in [1.29, 1.82) is 0 Å². The Balaban J connectivity index is 1.96. The summed E-state index contributed by atoms with van der Waals surface area (Å²) >= 11 is 0. The normalized spacial score (nSPS) is 13.5. The third-order valence-electron chi connectivity index (χ3n) is 3.47. The molecule has 0 aliphatic heterocycles. The van der Waals surface area contributed by atoms with E-state index >= 15 is 0 Å². The van der Waals surface area contributed by atoms with Crippen LogP contribution in [0.15, 0.2) is 6.08 Å². The van der Waals surface area contributed by atoms with Crippen molar-refractivity contribution in [3.8, 4) is 11.8 Å². The summed E-state index contributed by atoms with van der Waals surface area (Å²) in [4.78, 5) is 10.4. The molecular weight excluding hydrogens is 246 g/mol. The third-order valence-corrected chi connectivity index (χ3v) is 3.47. The average Bonchev–Trinajstić information content (AvgIpc) is 2.63. The molecule has 0 saturated carbocycles. The van der Waals surface area contributed by atoms with Crippen molar-refractivity contribution in [3.63, 3.8) is 0 Å². The van der Waals surface area contributed by atoms with Gasteiger partial charge in [-0.2, -0.15) is 0 Å². The van der Waals surface area contributed by atoms with E-state index in [1.54, 1.807) is 0 Å². The Morgan fingerprint density at radius 2 is 2.00 bits per heavy atom. The topological polar surface area (TPSA) is 82.7 Å². The number of hydrogen-bond donors (Lipinski definition) is 3. The van der Waals surface area contributed by atoms with Crippen molar-refractivity contribution < 1.29 is 20.1 Å². The number of allylic oxidation sites excluding steroid dienone is 1. The molecular formula is C14H19NO4. The molecule has 5 nitrogen and oxygen atoms in total. The van der Waals surface area contributed by atoms with Crippen LogP contribution in [-0.4, -0.2) is 25.9 Å². The van der Waals surface area contributed by atoms with Crippen LogP contribution in [0, 0.1) is 0 Å². The van der Waals surface area contributed by atoms with Crippen molar-refractivity contribution in [2.45, 2.75) is 45.1 Å². The maximum atomic E-state index is 10.4. The third kappa shape index (κ3) is 2.92. The fraction of sp³-hybridized carbons (Fsp3) is 0.500. The molecule has 1 aliphatic rings. The van der Waals surface area contributed by atoms with Gasteiger partial charge in [0.25, 0.3) is 0 Å². The van der Waals surface area contributed by atoms with Gasteiger partial charge in [0.1, 0.15) is 0 Å². The van der Waals surface area contributed by atoms with Gasteiger partial charge in [-0.05, 0) is 25.7 Å². The fourth-order valence-corrected chi connectivity index (χ4v) is 2.45. The highest BCUT2D eigenvalue weighted by Gasteiger charge is 2.21. The summed E-state index contributed by atoms with van der Waals surface area (Å²) in [5.74, 6) is -0.524. The zero-order valence-electron chi connectivity index (χ0n) is 10.8. The Morgan fingerprint density at radius 3 is 2.68 bits per heavy atom. The van der Waals surface area contributed by atoms with Crippen LogP contribution in [0.3, 0.4) is 0 Å². The number of carboxylic acid groups (broad SMARTS) is 1. The molecule has 19 heavy (non-hydrogen) atoms. The van der Waals surface area contributed by atoms with Crippen molar-refractivity contribution in [3.05, 3.63) is 17.2 Å². The molecule has 1 heterocycles. The summed E-state index contributed by atoms with van der Waals surface area (Å²) in [6, 6.07) is 0. The van der Waals surface area contributed by atoms with Gasteiger partial charge in [-0.15, -0.1) is 0 Å². The minimum Gasteiger partial charge on any atom is -0.494 e. The first kappa shape index (κ1) is 13.5. The van der Waals surface area contributed by atoms with Gasteiger partial charge in [-0.3, -0.25) is 9.36 Å². The molecule has 1 aromatic heterocycles. The second-order valence-corrected chi connectivity index (χ2v) is 4.84. The minimum atomic E-state index is -0.785. The molecule has 0 radical (unpaired) electrons. The van der Waals surface area contributed by atoms with E-state index in [1.165, 1.54) is 4.57 Å². The van der Waals surface area contributed by atoms with Crippen molar-refractivity contribution in [2.75, 3.05) is 0 Å². The fourth-order valence-electron chi connectivity index (χ4n) is 2.45. The number of aliphatic carboxylic acids is 1. The van der Waals surface area contributed by atoms with Gasteiger partial charge in [0.2, 0.25) is 5.88 Å². The molecule has 1 aromatic rings. The van der Waals surface area contributed by atoms with Gasteiger partial charge in [-0.1, -0.05) is 18.6 Å². The number of unbranched alkanes of at least 4 members (excludes halogenated alkanes) is 2. The van der Waals surface area contributed by atoms with Crippen LogP contribution in [-0.2, 0) is 17.8 Å². The highest BCUT2D eigenvalue weighted by Crippen LogP contribution is 2.38. The Hall–Kier alpha value is -1.91. The first-order valence-corrected chi connectivity index (χ1v) is 6.63. The molecule has 0 spiro atoms. The van der Waals surface area contributed by atoms with Crippen LogP contribution >= 0.6 is 0 Å². The van der Waals surface area contributed by atoms with Gasteiger partial charge in [0, 0.05) is 24.1 Å². The lowest BCUT2D eigenvalue weighted by atomic mass is 10.0. The Kier molecular flexibility index (Phi) is 4.14. The first-order chi connectivity index (χ1) is 9.11. The van der Waals surface area contributed by atoms with Gasteiger partial charge in [0.05, 0.1) is 0 Å². The maximum absolute atomic E-state index is 10.4. The zero-order chi connectivity index (χ0) is 13.8. The SMILES string of the molecule is O=C(O)CCCCCn1c(O)c2c(c1O)CCC=C2. The molecule has 0 aromatic carbocycles. The number of rotatable bonds is 6. The molecule has 0 bridgehead atoms. The van der Waals surface area contributed by atoms with Crippen LogP contribution in [0.5, 0.6) is 11.8 Å². The Bertz CT molecular complexity index is 502. The number of nitrogens with zero attached hydrogens (tertiary/aromatic N) is 1. The Morgan fingerprint density at radius 1 is 1.21 bits per heavy atom. The summed E-state index contributed by atoms with van der Waals surface area (Å²) in [5, 5.41) is 28.7. The van der Waals surface area contributed by atoms with Gasteiger partial charge in [0.15, 0.2) is 5.88 Å². The molecule has 0 fully saturated rings. The lowest BCUT2D eigenvalue weighted by Gasteiger charge is -2.06. The van der Waals surface area contributed by atoms with E-state index in [-0.39, 0.29) is 18.2 Å². The molecule has 1 aliphatic carbocycles. The van der Waals surface area contributed by atoms with E-state index in [0.717, 1.165) is 31.2 Å². The summed E-state index contributed by atoms with van der Waals surface area (Å²) in [6.07, 6.45) is 7.75. The average molecular weight is 265 g/mol. The second-order valence-electron chi connectivity index (χ2n) is 4.84. The largest absolute Gasteiger partial charge is 0.494 e. The van der Waals surface area contributed by atoms with E-state index in [4.69, 9.17) is 5.11 Å². The number of carboxylic acids is 1. The van der Waals surface area contributed by atoms with E-state index in [2.05, 4.69) is 0 Å². The smallest absolute Gasteiger partial charge is 0.303 e. The van der Waals surface area contributed by atoms with Crippen LogP contribution in [0.25, 0.3) is 6.08 Å². The van der Waals surface area contributed by atoms with Gasteiger partial charge in [-0.25, -0.2) is 0 Å². The minimum absolute atomic E-state index is 0.113. The predicted octanol–water partition coefficient (Wildman–Crippen LogP) is 2.50. The molecule has 3 N–H and O–H groups in total. The molecule has 0 amide bonds. The van der Waals surface area contributed by atoms with Crippen LogP contribution in [0.1, 0.15) is 43.2 Å². The lowest BCUT2D eigenvalue weighted by Crippen LogP contribution is -1.99. The second kappa shape index (κ2) is 5.82. The van der Waals surface area contributed by atoms with Gasteiger partial charge < -0.3 is 15.3 Å². The number of aromatic nitrogens is 1. The Labute approximate surface area is 111 Å². The van der Waals surface area contributed by atoms with E-state index in [1.807, 2.05) is 12.2 Å². The lowest BCUT2D eigenvalue weighted by molar-refractivity contribution is -0.137. The molecule has 5 heteroatoms. The summed E-state index contributed by atoms with van der Waals surface area (Å²) in [6.45, 7) is 0.512. The maximum Gasteiger partial charge on any atom is 0.303 e.